The SMILES string of the molecule is CCN(C(=O)CSc1nc2scc(-c3ccccc3)c2c(=O)n1C)C1CCCCC1. The first kappa shape index (κ1) is 21.1. The molecule has 0 N–H and O–H groups in total. The number of thioether (sulfide) groups is 1. The number of thiophene rings is 1. The van der Waals surface area contributed by atoms with Gasteiger partial charge in [-0.15, -0.1) is 11.3 Å². The third kappa shape index (κ3) is 4.18. The molecule has 0 unspecified atom stereocenters. The van der Waals surface area contributed by atoms with Crippen LogP contribution in [0.25, 0.3) is 21.3 Å². The fourth-order valence-corrected chi connectivity index (χ4v) is 6.10. The van der Waals surface area contributed by atoms with Crippen LogP contribution in [0.3, 0.4) is 0 Å². The highest BCUT2D eigenvalue weighted by Crippen LogP contribution is 2.32. The van der Waals surface area contributed by atoms with Crippen molar-refractivity contribution in [1.82, 2.24) is 14.5 Å². The molecule has 1 aliphatic carbocycles. The van der Waals surface area contributed by atoms with Crippen LogP contribution in [-0.2, 0) is 11.8 Å². The van der Waals surface area contributed by atoms with E-state index >= 15 is 0 Å². The second-order valence-electron chi connectivity index (χ2n) is 7.71. The molecule has 1 aliphatic rings. The average Bonchev–Trinajstić information content (AvgIpc) is 3.21. The molecule has 1 fully saturated rings. The van der Waals surface area contributed by atoms with Crippen molar-refractivity contribution in [2.24, 2.45) is 7.05 Å². The largest absolute Gasteiger partial charge is 0.339 e. The van der Waals surface area contributed by atoms with Crippen molar-refractivity contribution in [2.75, 3.05) is 12.3 Å². The van der Waals surface area contributed by atoms with Gasteiger partial charge in [0.25, 0.3) is 5.56 Å². The van der Waals surface area contributed by atoms with Gasteiger partial charge in [-0.2, -0.15) is 0 Å². The molecular weight excluding hydrogens is 414 g/mol. The first-order valence-electron chi connectivity index (χ1n) is 10.6. The van der Waals surface area contributed by atoms with Gasteiger partial charge >= 0.3 is 0 Å². The van der Waals surface area contributed by atoms with E-state index in [2.05, 4.69) is 0 Å². The average molecular weight is 442 g/mol. The minimum Gasteiger partial charge on any atom is -0.339 e. The van der Waals surface area contributed by atoms with Crippen molar-refractivity contribution in [3.63, 3.8) is 0 Å². The third-order valence-corrected chi connectivity index (χ3v) is 7.75. The molecule has 0 atom stereocenters. The molecule has 7 heteroatoms. The van der Waals surface area contributed by atoms with E-state index in [0.29, 0.717) is 22.3 Å². The molecule has 0 saturated heterocycles. The Bertz CT molecular complexity index is 1090. The summed E-state index contributed by atoms with van der Waals surface area (Å²) in [6.07, 6.45) is 5.89. The molecule has 1 saturated carbocycles. The van der Waals surface area contributed by atoms with Crippen LogP contribution in [-0.4, -0.2) is 38.7 Å². The second kappa shape index (κ2) is 9.35. The highest BCUT2D eigenvalue weighted by Gasteiger charge is 2.24. The first-order valence-corrected chi connectivity index (χ1v) is 12.4. The minimum atomic E-state index is -0.0605. The first-order chi connectivity index (χ1) is 14.6. The Morgan fingerprint density at radius 3 is 2.67 bits per heavy atom. The smallest absolute Gasteiger partial charge is 0.263 e. The minimum absolute atomic E-state index is 0.0605. The number of hydrogen-bond donors (Lipinski definition) is 0. The predicted octanol–water partition coefficient (Wildman–Crippen LogP) is 4.94. The van der Waals surface area contributed by atoms with Gasteiger partial charge in [-0.05, 0) is 25.3 Å². The van der Waals surface area contributed by atoms with Crippen LogP contribution in [0.5, 0.6) is 0 Å². The lowest BCUT2D eigenvalue weighted by Gasteiger charge is -2.33. The molecule has 1 amide bonds. The van der Waals surface area contributed by atoms with Crippen molar-refractivity contribution >= 4 is 39.2 Å². The summed E-state index contributed by atoms with van der Waals surface area (Å²) in [5.74, 6) is 0.451. The molecule has 0 bridgehead atoms. The van der Waals surface area contributed by atoms with Crippen molar-refractivity contribution in [3.8, 4) is 11.1 Å². The monoisotopic (exact) mass is 441 g/mol. The fourth-order valence-electron chi connectivity index (χ4n) is 4.25. The summed E-state index contributed by atoms with van der Waals surface area (Å²) in [4.78, 5) is 33.5. The Hall–Kier alpha value is -2.12. The predicted molar refractivity (Wildman–Crippen MR) is 125 cm³/mol. The van der Waals surface area contributed by atoms with Crippen LogP contribution in [0.1, 0.15) is 39.0 Å². The van der Waals surface area contributed by atoms with E-state index in [1.165, 1.54) is 42.4 Å². The van der Waals surface area contributed by atoms with Gasteiger partial charge in [0.1, 0.15) is 4.83 Å². The number of fused-ring (bicyclic) bond motifs is 1. The van der Waals surface area contributed by atoms with Gasteiger partial charge in [0.15, 0.2) is 5.16 Å². The summed E-state index contributed by atoms with van der Waals surface area (Å²) < 4.78 is 1.58. The van der Waals surface area contributed by atoms with Gasteiger partial charge in [0.05, 0.1) is 11.1 Å². The van der Waals surface area contributed by atoms with Gasteiger partial charge in [-0.25, -0.2) is 4.98 Å². The lowest BCUT2D eigenvalue weighted by molar-refractivity contribution is -0.131. The summed E-state index contributed by atoms with van der Waals surface area (Å²) in [6, 6.07) is 10.3. The van der Waals surface area contributed by atoms with Gasteiger partial charge in [0, 0.05) is 30.6 Å². The number of carbonyl (C=O) groups excluding carboxylic acids is 1. The molecule has 30 heavy (non-hydrogen) atoms. The molecule has 5 nitrogen and oxygen atoms in total. The van der Waals surface area contributed by atoms with Crippen molar-refractivity contribution in [1.29, 1.82) is 0 Å². The summed E-state index contributed by atoms with van der Waals surface area (Å²) in [7, 11) is 1.74. The van der Waals surface area contributed by atoms with Gasteiger partial charge in [-0.3, -0.25) is 14.2 Å². The van der Waals surface area contributed by atoms with E-state index in [4.69, 9.17) is 4.98 Å². The lowest BCUT2D eigenvalue weighted by atomic mass is 9.94. The molecule has 0 radical (unpaired) electrons. The summed E-state index contributed by atoms with van der Waals surface area (Å²) in [6.45, 7) is 2.79. The van der Waals surface area contributed by atoms with Crippen LogP contribution in [0, 0.1) is 0 Å². The fraction of sp³-hybridized carbons (Fsp3) is 0.435. The van der Waals surface area contributed by atoms with E-state index < -0.39 is 0 Å². The summed E-state index contributed by atoms with van der Waals surface area (Å²) >= 11 is 2.84. The highest BCUT2D eigenvalue weighted by molar-refractivity contribution is 7.99. The zero-order valence-corrected chi connectivity index (χ0v) is 19.1. The molecular formula is C23H27N3O2S2. The van der Waals surface area contributed by atoms with E-state index in [-0.39, 0.29) is 11.5 Å². The molecule has 2 aromatic heterocycles. The quantitative estimate of drug-likeness (QED) is 0.402. The highest BCUT2D eigenvalue weighted by atomic mass is 32.2. The normalized spacial score (nSPS) is 14.9. The number of hydrogen-bond acceptors (Lipinski definition) is 5. The Balaban J connectivity index is 1.56. The van der Waals surface area contributed by atoms with Crippen molar-refractivity contribution < 1.29 is 4.79 Å². The Morgan fingerprint density at radius 1 is 1.23 bits per heavy atom. The zero-order valence-electron chi connectivity index (χ0n) is 17.5. The van der Waals surface area contributed by atoms with Gasteiger partial charge in [-0.1, -0.05) is 61.4 Å². The molecule has 0 aliphatic heterocycles. The maximum absolute atomic E-state index is 13.1. The Labute approximate surface area is 185 Å². The van der Waals surface area contributed by atoms with Crippen LogP contribution in [0.15, 0.2) is 45.7 Å². The maximum atomic E-state index is 13.1. The molecule has 3 aromatic rings. The Kier molecular flexibility index (Phi) is 6.58. The summed E-state index contributed by atoms with van der Waals surface area (Å²) in [5.41, 5.74) is 1.88. The molecule has 1 aromatic carbocycles. The number of benzene rings is 1. The van der Waals surface area contributed by atoms with Gasteiger partial charge < -0.3 is 4.90 Å². The van der Waals surface area contributed by atoms with E-state index in [9.17, 15) is 9.59 Å². The molecule has 2 heterocycles. The van der Waals surface area contributed by atoms with Crippen LogP contribution >= 0.6 is 23.1 Å². The van der Waals surface area contributed by atoms with Gasteiger partial charge in [0.2, 0.25) is 5.91 Å². The molecule has 0 spiro atoms. The number of rotatable bonds is 6. The maximum Gasteiger partial charge on any atom is 0.263 e. The van der Waals surface area contributed by atoms with Crippen LogP contribution < -0.4 is 5.56 Å². The van der Waals surface area contributed by atoms with Crippen LogP contribution in [0.4, 0.5) is 0 Å². The standard InChI is InChI=1S/C23H27N3O2S2/c1-3-26(17-12-8-5-9-13-17)19(27)15-30-23-24-21-20(22(28)25(23)2)18(14-29-21)16-10-6-4-7-11-16/h4,6-7,10-11,14,17H,3,5,8-9,12-13,15H2,1-2H3. The number of nitrogens with zero attached hydrogens (tertiary/aromatic N) is 3. The third-order valence-electron chi connectivity index (χ3n) is 5.86. The Morgan fingerprint density at radius 2 is 1.97 bits per heavy atom. The van der Waals surface area contributed by atoms with E-state index in [1.807, 2.05) is 47.5 Å². The van der Waals surface area contributed by atoms with Crippen LogP contribution in [0.2, 0.25) is 0 Å². The van der Waals surface area contributed by atoms with E-state index in [1.54, 1.807) is 11.6 Å². The van der Waals surface area contributed by atoms with Crippen molar-refractivity contribution in [2.45, 2.75) is 50.2 Å². The van der Waals surface area contributed by atoms with E-state index in [0.717, 1.165) is 35.3 Å². The second-order valence-corrected chi connectivity index (χ2v) is 9.51. The number of carbonyl (C=O) groups is 1. The molecule has 158 valence electrons. The topological polar surface area (TPSA) is 55.2 Å². The number of amides is 1. The zero-order chi connectivity index (χ0) is 21.1. The summed E-state index contributed by atoms with van der Waals surface area (Å²) in [5, 5.41) is 3.25. The molecule has 4 rings (SSSR count). The van der Waals surface area contributed by atoms with Crippen molar-refractivity contribution in [3.05, 3.63) is 46.1 Å². The number of aromatic nitrogens is 2. The lowest BCUT2D eigenvalue weighted by Crippen LogP contribution is -2.42.